The highest BCUT2D eigenvalue weighted by Crippen LogP contribution is 2.11. The van der Waals surface area contributed by atoms with Crippen molar-refractivity contribution < 1.29 is 0 Å². The second-order valence-electron chi connectivity index (χ2n) is 3.96. The van der Waals surface area contributed by atoms with Crippen molar-refractivity contribution in [1.29, 1.82) is 0 Å². The maximum atomic E-state index is 4.36. The second-order valence-corrected chi connectivity index (χ2v) is 5.80. The third kappa shape index (κ3) is 4.76. The molecule has 2 heterocycles. The number of aromatic nitrogens is 2. The van der Waals surface area contributed by atoms with Gasteiger partial charge in [-0.05, 0) is 48.3 Å². The van der Waals surface area contributed by atoms with Gasteiger partial charge < -0.3 is 5.32 Å². The first kappa shape index (κ1) is 13.5. The Labute approximate surface area is 116 Å². The Kier molecular flexibility index (Phi) is 5.64. The SMILES string of the molecule is Cc1ccnc(SCCNCCc2ccsc2)n1. The van der Waals surface area contributed by atoms with E-state index in [4.69, 9.17) is 0 Å². The lowest BCUT2D eigenvalue weighted by atomic mass is 10.2. The molecule has 2 aromatic rings. The Hall–Kier alpha value is -0.910. The summed E-state index contributed by atoms with van der Waals surface area (Å²) in [6.45, 7) is 4.02. The Morgan fingerprint density at radius 1 is 1.33 bits per heavy atom. The van der Waals surface area contributed by atoms with E-state index >= 15 is 0 Å². The van der Waals surface area contributed by atoms with Gasteiger partial charge in [-0.2, -0.15) is 11.3 Å². The third-order valence-electron chi connectivity index (χ3n) is 2.45. The van der Waals surface area contributed by atoms with E-state index in [1.54, 1.807) is 23.1 Å². The summed E-state index contributed by atoms with van der Waals surface area (Å²) in [4.78, 5) is 8.58. The molecular formula is C13H17N3S2. The van der Waals surface area contributed by atoms with Crippen LogP contribution >= 0.6 is 23.1 Å². The summed E-state index contributed by atoms with van der Waals surface area (Å²) in [6, 6.07) is 4.10. The first-order valence-corrected chi connectivity index (χ1v) is 7.91. The van der Waals surface area contributed by atoms with Crippen molar-refractivity contribution in [3.05, 3.63) is 40.3 Å². The van der Waals surface area contributed by atoms with Gasteiger partial charge in [-0.15, -0.1) is 0 Å². The van der Waals surface area contributed by atoms with Crippen LogP contribution in [0.2, 0.25) is 0 Å². The molecule has 2 aromatic heterocycles. The molecule has 18 heavy (non-hydrogen) atoms. The van der Waals surface area contributed by atoms with E-state index in [1.807, 2.05) is 19.2 Å². The van der Waals surface area contributed by atoms with Gasteiger partial charge in [0.1, 0.15) is 0 Å². The predicted octanol–water partition coefficient (Wildman–Crippen LogP) is 2.77. The summed E-state index contributed by atoms with van der Waals surface area (Å²) in [7, 11) is 0. The minimum absolute atomic E-state index is 0.870. The Morgan fingerprint density at radius 2 is 2.28 bits per heavy atom. The molecule has 0 aliphatic rings. The van der Waals surface area contributed by atoms with E-state index in [1.165, 1.54) is 5.56 Å². The van der Waals surface area contributed by atoms with Crippen molar-refractivity contribution >= 4 is 23.1 Å². The topological polar surface area (TPSA) is 37.8 Å². The first-order chi connectivity index (χ1) is 8.84. The number of nitrogens with one attached hydrogen (secondary N) is 1. The summed E-state index contributed by atoms with van der Waals surface area (Å²) in [5, 5.41) is 8.64. The lowest BCUT2D eigenvalue weighted by Gasteiger charge is -2.03. The van der Waals surface area contributed by atoms with Crippen LogP contribution in [0.3, 0.4) is 0 Å². The molecule has 5 heteroatoms. The summed E-state index contributed by atoms with van der Waals surface area (Å²) < 4.78 is 0. The van der Waals surface area contributed by atoms with Crippen LogP contribution in [-0.2, 0) is 6.42 Å². The maximum absolute atomic E-state index is 4.36. The number of thioether (sulfide) groups is 1. The minimum Gasteiger partial charge on any atom is -0.316 e. The fourth-order valence-corrected chi connectivity index (χ4v) is 2.98. The van der Waals surface area contributed by atoms with Crippen LogP contribution in [0.25, 0.3) is 0 Å². The quantitative estimate of drug-likeness (QED) is 0.480. The van der Waals surface area contributed by atoms with Crippen molar-refractivity contribution in [2.45, 2.75) is 18.5 Å². The van der Waals surface area contributed by atoms with Gasteiger partial charge in [0.15, 0.2) is 5.16 Å². The van der Waals surface area contributed by atoms with Crippen LogP contribution in [-0.4, -0.2) is 28.8 Å². The average Bonchev–Trinajstić information content (AvgIpc) is 2.87. The standard InChI is InChI=1S/C13H17N3S2/c1-11-2-6-15-13(16-11)18-9-7-14-5-3-12-4-8-17-10-12/h2,4,6,8,10,14H,3,5,7,9H2,1H3. The predicted molar refractivity (Wildman–Crippen MR) is 78.4 cm³/mol. The van der Waals surface area contributed by atoms with E-state index in [0.717, 1.165) is 36.1 Å². The highest BCUT2D eigenvalue weighted by molar-refractivity contribution is 7.99. The number of nitrogens with zero attached hydrogens (tertiary/aromatic N) is 2. The number of aryl methyl sites for hydroxylation is 1. The van der Waals surface area contributed by atoms with Gasteiger partial charge in [-0.25, -0.2) is 9.97 Å². The molecule has 0 fully saturated rings. The Balaban J connectivity index is 1.56. The fourth-order valence-electron chi connectivity index (χ4n) is 1.50. The number of hydrogen-bond acceptors (Lipinski definition) is 5. The van der Waals surface area contributed by atoms with E-state index in [0.29, 0.717) is 0 Å². The molecule has 2 rings (SSSR count). The van der Waals surface area contributed by atoms with Crippen molar-refractivity contribution in [3.63, 3.8) is 0 Å². The van der Waals surface area contributed by atoms with Gasteiger partial charge in [0.05, 0.1) is 0 Å². The van der Waals surface area contributed by atoms with Crippen molar-refractivity contribution in [2.75, 3.05) is 18.8 Å². The molecule has 0 radical (unpaired) electrons. The van der Waals surface area contributed by atoms with Gasteiger partial charge in [-0.1, -0.05) is 11.8 Å². The summed E-state index contributed by atoms with van der Waals surface area (Å²) in [6.07, 6.45) is 2.92. The number of thiophene rings is 1. The van der Waals surface area contributed by atoms with Crippen LogP contribution < -0.4 is 5.32 Å². The zero-order valence-electron chi connectivity index (χ0n) is 10.4. The smallest absolute Gasteiger partial charge is 0.187 e. The lowest BCUT2D eigenvalue weighted by molar-refractivity contribution is 0.721. The molecule has 0 spiro atoms. The first-order valence-electron chi connectivity index (χ1n) is 5.99. The third-order valence-corrected chi connectivity index (χ3v) is 4.05. The highest BCUT2D eigenvalue weighted by atomic mass is 32.2. The van der Waals surface area contributed by atoms with Crippen LogP contribution in [0.15, 0.2) is 34.2 Å². The van der Waals surface area contributed by atoms with Crippen molar-refractivity contribution in [1.82, 2.24) is 15.3 Å². The van der Waals surface area contributed by atoms with E-state index in [9.17, 15) is 0 Å². The molecule has 0 amide bonds. The molecule has 96 valence electrons. The fraction of sp³-hybridized carbons (Fsp3) is 0.385. The molecule has 0 unspecified atom stereocenters. The zero-order chi connectivity index (χ0) is 12.6. The van der Waals surface area contributed by atoms with Crippen LogP contribution in [0.1, 0.15) is 11.3 Å². The second kappa shape index (κ2) is 7.51. The van der Waals surface area contributed by atoms with E-state index in [-0.39, 0.29) is 0 Å². The molecule has 0 aliphatic carbocycles. The van der Waals surface area contributed by atoms with Crippen molar-refractivity contribution in [3.8, 4) is 0 Å². The summed E-state index contributed by atoms with van der Waals surface area (Å²) in [5.41, 5.74) is 2.44. The molecule has 1 N–H and O–H groups in total. The van der Waals surface area contributed by atoms with Crippen LogP contribution in [0.5, 0.6) is 0 Å². The van der Waals surface area contributed by atoms with Gasteiger partial charge in [0.25, 0.3) is 0 Å². The molecular weight excluding hydrogens is 262 g/mol. The molecule has 0 atom stereocenters. The molecule has 0 aromatic carbocycles. The summed E-state index contributed by atoms with van der Waals surface area (Å²) in [5.74, 6) is 1.01. The molecule has 3 nitrogen and oxygen atoms in total. The number of rotatable bonds is 7. The molecule has 0 saturated heterocycles. The molecule has 0 bridgehead atoms. The van der Waals surface area contributed by atoms with E-state index < -0.39 is 0 Å². The van der Waals surface area contributed by atoms with E-state index in [2.05, 4.69) is 32.1 Å². The molecule has 0 saturated carbocycles. The Bertz CT molecular complexity index is 457. The average molecular weight is 279 g/mol. The van der Waals surface area contributed by atoms with Crippen molar-refractivity contribution in [2.24, 2.45) is 0 Å². The monoisotopic (exact) mass is 279 g/mol. The normalized spacial score (nSPS) is 10.7. The minimum atomic E-state index is 0.870. The highest BCUT2D eigenvalue weighted by Gasteiger charge is 1.97. The lowest BCUT2D eigenvalue weighted by Crippen LogP contribution is -2.20. The van der Waals surface area contributed by atoms with Gasteiger partial charge >= 0.3 is 0 Å². The summed E-state index contributed by atoms with van der Waals surface area (Å²) >= 11 is 3.46. The van der Waals surface area contributed by atoms with Crippen LogP contribution in [0, 0.1) is 6.92 Å². The van der Waals surface area contributed by atoms with Gasteiger partial charge in [0, 0.05) is 24.2 Å². The maximum Gasteiger partial charge on any atom is 0.187 e. The zero-order valence-corrected chi connectivity index (χ0v) is 12.1. The number of hydrogen-bond donors (Lipinski definition) is 1. The molecule has 0 aliphatic heterocycles. The van der Waals surface area contributed by atoms with Gasteiger partial charge in [0.2, 0.25) is 0 Å². The van der Waals surface area contributed by atoms with Crippen LogP contribution in [0.4, 0.5) is 0 Å². The van der Waals surface area contributed by atoms with Gasteiger partial charge in [-0.3, -0.25) is 0 Å². The largest absolute Gasteiger partial charge is 0.316 e. The Morgan fingerprint density at radius 3 is 3.06 bits per heavy atom.